The van der Waals surface area contributed by atoms with Crippen LogP contribution in [-0.2, 0) is 9.53 Å². The van der Waals surface area contributed by atoms with Gasteiger partial charge in [-0.25, -0.2) is 0 Å². The molecule has 0 unspecified atom stereocenters. The fraction of sp³-hybridized carbons (Fsp3) is 0.533. The zero-order valence-corrected chi connectivity index (χ0v) is 11.2. The Morgan fingerprint density at radius 1 is 1.11 bits per heavy atom. The van der Waals surface area contributed by atoms with Gasteiger partial charge in [0.25, 0.3) is 0 Å². The maximum absolute atomic E-state index is 10.7. The third kappa shape index (κ3) is 13.5. The smallest absolute Gasteiger partial charge is 0.316 e. The molecule has 1 rings (SSSR count). The van der Waals surface area contributed by atoms with Gasteiger partial charge in [0.15, 0.2) is 0 Å². The lowest BCUT2D eigenvalue weighted by atomic mass is 10.2. The summed E-state index contributed by atoms with van der Waals surface area (Å²) in [5, 5.41) is 0. The predicted octanol–water partition coefficient (Wildman–Crippen LogP) is 3.21. The second kappa shape index (κ2) is 14.5. The highest BCUT2D eigenvalue weighted by atomic mass is 24.3. The molecule has 0 amide bonds. The van der Waals surface area contributed by atoms with Gasteiger partial charge in [-0.3, -0.25) is 4.79 Å². The minimum atomic E-state index is -0.0593. The second-order valence-corrected chi connectivity index (χ2v) is 3.92. The number of carbonyl (C=O) groups is 1. The molecule has 100 valence electrons. The molecule has 0 N–H and O–H groups in total. The molecule has 0 aliphatic carbocycles. The molecule has 0 aliphatic heterocycles. The molecule has 0 aromatic heterocycles. The van der Waals surface area contributed by atoms with Crippen LogP contribution in [0.5, 0.6) is 0 Å². The summed E-state index contributed by atoms with van der Waals surface area (Å²) in [5.41, 5.74) is 1.32. The number of hydrogen-bond acceptors (Lipinski definition) is 2. The number of hydrogen-bond donors (Lipinski definition) is 0. The van der Waals surface area contributed by atoms with Crippen molar-refractivity contribution in [3.05, 3.63) is 35.9 Å². The fourth-order valence-corrected chi connectivity index (χ4v) is 1.29. The SMILES string of the molecule is CCCCCC(=O)OCC.Cc1ccccc1.[MgH2]. The van der Waals surface area contributed by atoms with Crippen molar-refractivity contribution in [3.8, 4) is 0 Å². The van der Waals surface area contributed by atoms with Crippen molar-refractivity contribution in [1.82, 2.24) is 0 Å². The summed E-state index contributed by atoms with van der Waals surface area (Å²) in [6.07, 6.45) is 3.83. The Labute approximate surface area is 127 Å². The van der Waals surface area contributed by atoms with Gasteiger partial charge in [0, 0.05) is 6.42 Å². The first-order valence-electron chi connectivity index (χ1n) is 6.38. The first-order chi connectivity index (χ1) is 8.20. The Balaban J connectivity index is 0. The third-order valence-electron chi connectivity index (χ3n) is 2.23. The topological polar surface area (TPSA) is 26.3 Å². The Morgan fingerprint density at radius 2 is 1.72 bits per heavy atom. The van der Waals surface area contributed by atoms with Gasteiger partial charge in [0.2, 0.25) is 0 Å². The average Bonchev–Trinajstić information content (AvgIpc) is 2.31. The fourth-order valence-electron chi connectivity index (χ4n) is 1.29. The van der Waals surface area contributed by atoms with Crippen molar-refractivity contribution in [3.63, 3.8) is 0 Å². The summed E-state index contributed by atoms with van der Waals surface area (Å²) in [6.45, 7) is 6.54. The van der Waals surface area contributed by atoms with Crippen LogP contribution in [0.4, 0.5) is 0 Å². The molecule has 0 bridgehead atoms. The van der Waals surface area contributed by atoms with E-state index in [1.165, 1.54) is 5.56 Å². The Bertz CT molecular complexity index is 286. The van der Waals surface area contributed by atoms with E-state index in [-0.39, 0.29) is 29.0 Å². The third-order valence-corrected chi connectivity index (χ3v) is 2.23. The Hall–Kier alpha value is -0.544. The zero-order chi connectivity index (χ0) is 12.9. The van der Waals surface area contributed by atoms with E-state index in [0.29, 0.717) is 13.0 Å². The van der Waals surface area contributed by atoms with Crippen LogP contribution in [0.1, 0.15) is 45.1 Å². The van der Waals surface area contributed by atoms with Crippen LogP contribution in [-0.4, -0.2) is 35.6 Å². The highest BCUT2D eigenvalue weighted by Gasteiger charge is 1.98. The number of rotatable bonds is 5. The van der Waals surface area contributed by atoms with Crippen LogP contribution in [0, 0.1) is 6.92 Å². The van der Waals surface area contributed by atoms with Crippen LogP contribution < -0.4 is 0 Å². The molecule has 0 spiro atoms. The van der Waals surface area contributed by atoms with Crippen molar-refractivity contribution in [1.29, 1.82) is 0 Å². The minimum absolute atomic E-state index is 0. The molecule has 0 heterocycles. The van der Waals surface area contributed by atoms with Gasteiger partial charge in [0.05, 0.1) is 6.61 Å². The molecule has 0 aliphatic rings. The number of benzene rings is 1. The lowest BCUT2D eigenvalue weighted by molar-refractivity contribution is -0.143. The average molecular weight is 263 g/mol. The molecule has 1 aromatic rings. The predicted molar refractivity (Wildman–Crippen MR) is 80.5 cm³/mol. The maximum Gasteiger partial charge on any atom is 0.316 e. The first kappa shape index (κ1) is 19.8. The standard InChI is InChI=1S/C8H16O2.C7H8.Mg.2H/c1-3-5-6-7-8(9)10-4-2;1-7-5-3-2-4-6-7;;;/h3-7H2,1-2H3;2-6H,1H3;;;. The van der Waals surface area contributed by atoms with Crippen molar-refractivity contribution >= 4 is 29.0 Å². The van der Waals surface area contributed by atoms with E-state index in [1.54, 1.807) is 0 Å². The molecule has 0 saturated heterocycles. The molecule has 18 heavy (non-hydrogen) atoms. The molecule has 2 nitrogen and oxygen atoms in total. The van der Waals surface area contributed by atoms with Crippen LogP contribution in [0.15, 0.2) is 30.3 Å². The summed E-state index contributed by atoms with van der Waals surface area (Å²) in [5.74, 6) is -0.0593. The van der Waals surface area contributed by atoms with Crippen molar-refractivity contribution in [2.45, 2.75) is 46.5 Å². The summed E-state index contributed by atoms with van der Waals surface area (Å²) in [7, 11) is 0. The summed E-state index contributed by atoms with van der Waals surface area (Å²) >= 11 is 0. The van der Waals surface area contributed by atoms with Crippen molar-refractivity contribution < 1.29 is 9.53 Å². The van der Waals surface area contributed by atoms with Gasteiger partial charge in [-0.15, -0.1) is 0 Å². The quantitative estimate of drug-likeness (QED) is 0.463. The van der Waals surface area contributed by atoms with Gasteiger partial charge in [-0.2, -0.15) is 0 Å². The van der Waals surface area contributed by atoms with Gasteiger partial charge in [0.1, 0.15) is 0 Å². The van der Waals surface area contributed by atoms with Crippen LogP contribution in [0.3, 0.4) is 0 Å². The highest BCUT2D eigenvalue weighted by molar-refractivity contribution is 5.75. The number of ether oxygens (including phenoxy) is 1. The van der Waals surface area contributed by atoms with E-state index in [1.807, 2.05) is 25.1 Å². The number of unbranched alkanes of at least 4 members (excludes halogenated alkanes) is 2. The van der Waals surface area contributed by atoms with Crippen molar-refractivity contribution in [2.75, 3.05) is 6.61 Å². The van der Waals surface area contributed by atoms with E-state index in [0.717, 1.165) is 19.3 Å². The molecule has 3 heteroatoms. The molecular formula is C15H26MgO2. The van der Waals surface area contributed by atoms with E-state index in [4.69, 9.17) is 4.74 Å². The molecule has 0 radical (unpaired) electrons. The van der Waals surface area contributed by atoms with Crippen LogP contribution in [0.25, 0.3) is 0 Å². The Morgan fingerprint density at radius 3 is 2.11 bits per heavy atom. The normalized spacial score (nSPS) is 8.61. The van der Waals surface area contributed by atoms with E-state index < -0.39 is 0 Å². The van der Waals surface area contributed by atoms with Crippen molar-refractivity contribution in [2.24, 2.45) is 0 Å². The molecule has 1 aromatic carbocycles. The van der Waals surface area contributed by atoms with Gasteiger partial charge in [-0.1, -0.05) is 55.7 Å². The summed E-state index contributed by atoms with van der Waals surface area (Å²) in [4.78, 5) is 10.7. The Kier molecular flexibility index (Phi) is 16.0. The van der Waals surface area contributed by atoms with Crippen LogP contribution in [0.2, 0.25) is 0 Å². The molecule has 0 atom stereocenters. The van der Waals surface area contributed by atoms with Gasteiger partial charge in [-0.05, 0) is 20.3 Å². The number of carbonyl (C=O) groups excluding carboxylic acids is 1. The number of aryl methyl sites for hydroxylation is 1. The minimum Gasteiger partial charge on any atom is -0.466 e. The summed E-state index contributed by atoms with van der Waals surface area (Å²) < 4.78 is 4.75. The van der Waals surface area contributed by atoms with Gasteiger partial charge < -0.3 is 4.74 Å². The van der Waals surface area contributed by atoms with Crippen LogP contribution >= 0.6 is 0 Å². The van der Waals surface area contributed by atoms with E-state index in [9.17, 15) is 4.79 Å². The largest absolute Gasteiger partial charge is 0.466 e. The zero-order valence-electron chi connectivity index (χ0n) is 11.2. The molecular weight excluding hydrogens is 236 g/mol. The summed E-state index contributed by atoms with van der Waals surface area (Å²) in [6, 6.07) is 10.3. The lowest BCUT2D eigenvalue weighted by Crippen LogP contribution is -2.02. The molecule has 0 saturated carbocycles. The van der Waals surface area contributed by atoms with E-state index >= 15 is 0 Å². The highest BCUT2D eigenvalue weighted by Crippen LogP contribution is 1.99. The maximum atomic E-state index is 10.7. The molecule has 0 fully saturated rings. The second-order valence-electron chi connectivity index (χ2n) is 3.92. The van der Waals surface area contributed by atoms with Gasteiger partial charge >= 0.3 is 29.0 Å². The monoisotopic (exact) mass is 262 g/mol. The first-order valence-corrected chi connectivity index (χ1v) is 6.38. The van der Waals surface area contributed by atoms with E-state index in [2.05, 4.69) is 26.0 Å². The number of esters is 1. The lowest BCUT2D eigenvalue weighted by Gasteiger charge is -1.99.